The fourth-order valence-corrected chi connectivity index (χ4v) is 3.77. The van der Waals surface area contributed by atoms with Gasteiger partial charge in [0.25, 0.3) is 0 Å². The molecule has 2 heterocycles. The molecule has 3 rings (SSSR count). The van der Waals surface area contributed by atoms with E-state index in [1.54, 1.807) is 0 Å². The number of carbonyl (C=O) groups excluding carboxylic acids is 1. The molecule has 1 aromatic rings. The zero-order valence-corrected chi connectivity index (χ0v) is 13.8. The van der Waals surface area contributed by atoms with E-state index < -0.39 is 0 Å². The molecule has 0 unspecified atom stereocenters. The summed E-state index contributed by atoms with van der Waals surface area (Å²) in [6.45, 7) is 6.84. The molecule has 0 radical (unpaired) electrons. The lowest BCUT2D eigenvalue weighted by Crippen LogP contribution is -2.37. The molecule has 0 aromatic heterocycles. The van der Waals surface area contributed by atoms with Gasteiger partial charge in [-0.1, -0.05) is 13.8 Å². The van der Waals surface area contributed by atoms with Crippen LogP contribution in [0.2, 0.25) is 0 Å². The molecule has 1 N–H and O–H groups in total. The van der Waals surface area contributed by atoms with Gasteiger partial charge in [0.05, 0.1) is 0 Å². The Morgan fingerprint density at radius 1 is 1.36 bits per heavy atom. The van der Waals surface area contributed by atoms with Crippen LogP contribution in [-0.2, 0) is 14.9 Å². The van der Waals surface area contributed by atoms with Gasteiger partial charge in [-0.2, -0.15) is 0 Å². The van der Waals surface area contributed by atoms with Crippen molar-refractivity contribution in [3.8, 4) is 0 Å². The van der Waals surface area contributed by atoms with Crippen molar-refractivity contribution in [2.45, 2.75) is 38.5 Å². The Kier molecular flexibility index (Phi) is 4.13. The highest BCUT2D eigenvalue weighted by Crippen LogP contribution is 2.46. The van der Waals surface area contributed by atoms with Crippen LogP contribution in [0.1, 0.15) is 38.7 Å². The second-order valence-corrected chi connectivity index (χ2v) is 7.13. The number of benzene rings is 1. The highest BCUT2D eigenvalue weighted by Gasteiger charge is 2.42. The predicted octanol–water partition coefficient (Wildman–Crippen LogP) is 3.17. The third-order valence-corrected chi connectivity index (χ3v) is 4.85. The molecule has 0 bridgehead atoms. The van der Waals surface area contributed by atoms with Crippen LogP contribution < -0.4 is 10.2 Å². The molecule has 1 aromatic carbocycles. The minimum atomic E-state index is 0.0994. The molecule has 1 spiro atoms. The number of nitrogens with one attached hydrogen (secondary N) is 1. The number of carbonyl (C=O) groups is 1. The first-order chi connectivity index (χ1) is 10.5. The zero-order valence-electron chi connectivity index (χ0n) is 13.8. The van der Waals surface area contributed by atoms with Crippen LogP contribution in [0.3, 0.4) is 0 Å². The van der Waals surface area contributed by atoms with E-state index in [0.29, 0.717) is 12.3 Å². The molecule has 2 aliphatic heterocycles. The number of fused-ring (bicyclic) bond motifs is 2. The molecule has 1 saturated heterocycles. The minimum Gasteiger partial charge on any atom is -0.381 e. The molecule has 4 heteroatoms. The average molecular weight is 302 g/mol. The van der Waals surface area contributed by atoms with Gasteiger partial charge in [0.15, 0.2) is 0 Å². The SMILES string of the molecule is CC(C)CC(=O)Nc1ccc2c(c1)C1(CCOCC1)CN2C. The Hall–Kier alpha value is -1.55. The van der Waals surface area contributed by atoms with E-state index in [1.807, 2.05) is 6.07 Å². The Morgan fingerprint density at radius 3 is 2.77 bits per heavy atom. The van der Waals surface area contributed by atoms with Crippen molar-refractivity contribution in [1.29, 1.82) is 0 Å². The largest absolute Gasteiger partial charge is 0.381 e. The molecule has 0 atom stereocenters. The van der Waals surface area contributed by atoms with Crippen molar-refractivity contribution < 1.29 is 9.53 Å². The number of nitrogens with zero attached hydrogens (tertiary/aromatic N) is 1. The fraction of sp³-hybridized carbons (Fsp3) is 0.611. The average Bonchev–Trinajstić information content (AvgIpc) is 2.71. The molecule has 4 nitrogen and oxygen atoms in total. The second kappa shape index (κ2) is 5.92. The zero-order chi connectivity index (χ0) is 15.7. The highest BCUT2D eigenvalue weighted by molar-refractivity contribution is 5.91. The number of rotatable bonds is 3. The van der Waals surface area contributed by atoms with Gasteiger partial charge in [0, 0.05) is 50.0 Å². The number of likely N-dealkylation sites (N-methyl/N-ethyl adjacent to an activating group) is 1. The van der Waals surface area contributed by atoms with E-state index in [9.17, 15) is 4.79 Å². The van der Waals surface area contributed by atoms with Crippen molar-refractivity contribution in [2.75, 3.05) is 37.0 Å². The number of anilines is 2. The van der Waals surface area contributed by atoms with Gasteiger partial charge in [-0.05, 0) is 42.5 Å². The van der Waals surface area contributed by atoms with Crippen molar-refractivity contribution in [3.05, 3.63) is 23.8 Å². The van der Waals surface area contributed by atoms with Gasteiger partial charge >= 0.3 is 0 Å². The molecule has 1 fully saturated rings. The smallest absolute Gasteiger partial charge is 0.224 e. The molecule has 0 aliphatic carbocycles. The first-order valence-electron chi connectivity index (χ1n) is 8.23. The first-order valence-corrected chi connectivity index (χ1v) is 8.23. The van der Waals surface area contributed by atoms with Crippen LogP contribution >= 0.6 is 0 Å². The van der Waals surface area contributed by atoms with Crippen molar-refractivity contribution >= 4 is 17.3 Å². The van der Waals surface area contributed by atoms with Crippen molar-refractivity contribution in [2.24, 2.45) is 5.92 Å². The topological polar surface area (TPSA) is 41.6 Å². The Labute approximate surface area is 132 Å². The molecule has 1 amide bonds. The number of hydrogen-bond acceptors (Lipinski definition) is 3. The summed E-state index contributed by atoms with van der Waals surface area (Å²) in [5, 5.41) is 3.05. The summed E-state index contributed by atoms with van der Waals surface area (Å²) in [6.07, 6.45) is 2.69. The van der Waals surface area contributed by atoms with Crippen LogP contribution in [0.4, 0.5) is 11.4 Å². The van der Waals surface area contributed by atoms with E-state index in [2.05, 4.69) is 43.2 Å². The number of amides is 1. The summed E-state index contributed by atoms with van der Waals surface area (Å²) >= 11 is 0. The highest BCUT2D eigenvalue weighted by atomic mass is 16.5. The van der Waals surface area contributed by atoms with Gasteiger partial charge in [0.1, 0.15) is 0 Å². The summed E-state index contributed by atoms with van der Waals surface area (Å²) in [4.78, 5) is 14.3. The van der Waals surface area contributed by atoms with Crippen LogP contribution in [0.5, 0.6) is 0 Å². The van der Waals surface area contributed by atoms with Gasteiger partial charge in [-0.3, -0.25) is 4.79 Å². The molecular formula is C18H26N2O2. The minimum absolute atomic E-state index is 0.0994. The molecular weight excluding hydrogens is 276 g/mol. The van der Waals surface area contributed by atoms with Crippen LogP contribution in [0, 0.1) is 5.92 Å². The van der Waals surface area contributed by atoms with Crippen LogP contribution in [0.25, 0.3) is 0 Å². The second-order valence-electron chi connectivity index (χ2n) is 7.13. The molecule has 0 saturated carbocycles. The summed E-state index contributed by atoms with van der Waals surface area (Å²) in [5.41, 5.74) is 3.79. The molecule has 120 valence electrons. The molecule has 2 aliphatic rings. The molecule has 22 heavy (non-hydrogen) atoms. The summed E-state index contributed by atoms with van der Waals surface area (Å²) in [6, 6.07) is 6.35. The fourth-order valence-electron chi connectivity index (χ4n) is 3.77. The maximum Gasteiger partial charge on any atom is 0.224 e. The van der Waals surface area contributed by atoms with Crippen LogP contribution in [-0.4, -0.2) is 32.7 Å². The normalized spacial score (nSPS) is 19.5. The standard InChI is InChI=1S/C18H26N2O2/c1-13(2)10-17(21)19-14-4-5-16-15(11-14)18(12-20(16)3)6-8-22-9-7-18/h4-5,11,13H,6-10,12H2,1-3H3,(H,19,21). The third kappa shape index (κ3) is 2.84. The van der Waals surface area contributed by atoms with E-state index in [-0.39, 0.29) is 11.3 Å². The third-order valence-electron chi connectivity index (χ3n) is 4.85. The number of hydrogen-bond donors (Lipinski definition) is 1. The van der Waals surface area contributed by atoms with E-state index in [1.165, 1.54) is 11.3 Å². The van der Waals surface area contributed by atoms with Crippen LogP contribution in [0.15, 0.2) is 18.2 Å². The van der Waals surface area contributed by atoms with E-state index >= 15 is 0 Å². The van der Waals surface area contributed by atoms with Crippen molar-refractivity contribution in [3.63, 3.8) is 0 Å². The lowest BCUT2D eigenvalue weighted by atomic mass is 9.76. The van der Waals surface area contributed by atoms with Gasteiger partial charge in [-0.15, -0.1) is 0 Å². The van der Waals surface area contributed by atoms with Gasteiger partial charge in [-0.25, -0.2) is 0 Å². The number of ether oxygens (including phenoxy) is 1. The maximum absolute atomic E-state index is 12.0. The quantitative estimate of drug-likeness (QED) is 0.932. The Bertz CT molecular complexity index is 562. The Morgan fingerprint density at radius 2 is 2.09 bits per heavy atom. The Balaban J connectivity index is 1.85. The van der Waals surface area contributed by atoms with E-state index in [0.717, 1.165) is 38.3 Å². The predicted molar refractivity (Wildman–Crippen MR) is 89.5 cm³/mol. The first kappa shape index (κ1) is 15.3. The monoisotopic (exact) mass is 302 g/mol. The lowest BCUT2D eigenvalue weighted by molar-refractivity contribution is -0.116. The summed E-state index contributed by atoms with van der Waals surface area (Å²) < 4.78 is 5.56. The van der Waals surface area contributed by atoms with E-state index in [4.69, 9.17) is 4.74 Å². The van der Waals surface area contributed by atoms with Gasteiger partial charge in [0.2, 0.25) is 5.91 Å². The maximum atomic E-state index is 12.0. The summed E-state index contributed by atoms with van der Waals surface area (Å²) in [5.74, 6) is 0.477. The van der Waals surface area contributed by atoms with Crippen molar-refractivity contribution in [1.82, 2.24) is 0 Å². The van der Waals surface area contributed by atoms with Gasteiger partial charge < -0.3 is 15.0 Å². The summed E-state index contributed by atoms with van der Waals surface area (Å²) in [7, 11) is 2.15. The lowest BCUT2D eigenvalue weighted by Gasteiger charge is -2.34.